The molecule has 0 fully saturated rings. The Morgan fingerprint density at radius 2 is 2.10 bits per heavy atom. The Hall–Kier alpha value is -2.00. The highest BCUT2D eigenvalue weighted by atomic mass is 32.1. The summed E-state index contributed by atoms with van der Waals surface area (Å²) in [6.07, 6.45) is 0. The Labute approximate surface area is 125 Å². The lowest BCUT2D eigenvalue weighted by molar-refractivity contribution is -0.121. The van der Waals surface area contributed by atoms with Crippen LogP contribution in [-0.2, 0) is 9.53 Å². The lowest BCUT2D eigenvalue weighted by Gasteiger charge is -2.12. The van der Waals surface area contributed by atoms with Crippen molar-refractivity contribution < 1.29 is 24.2 Å². The first-order valence-electron chi connectivity index (χ1n) is 6.15. The van der Waals surface area contributed by atoms with Crippen molar-refractivity contribution >= 4 is 34.1 Å². The summed E-state index contributed by atoms with van der Waals surface area (Å²) in [7, 11) is 1.53. The number of Topliss-reactive ketones (excluding diaryl/α,β-unsaturated/α-hetero) is 1. The first-order chi connectivity index (χ1) is 9.86. The molecule has 9 heteroatoms. The van der Waals surface area contributed by atoms with Gasteiger partial charge in [0, 0.05) is 20.6 Å². The van der Waals surface area contributed by atoms with E-state index < -0.39 is 12.0 Å². The van der Waals surface area contributed by atoms with Crippen LogP contribution in [0.3, 0.4) is 0 Å². The van der Waals surface area contributed by atoms with E-state index in [1.807, 2.05) is 0 Å². The second-order valence-corrected chi connectivity index (χ2v) is 5.21. The summed E-state index contributed by atoms with van der Waals surface area (Å²) in [4.78, 5) is 38.0. The topological polar surface area (TPSA) is 118 Å². The van der Waals surface area contributed by atoms with Crippen LogP contribution in [0.5, 0.6) is 0 Å². The van der Waals surface area contributed by atoms with Crippen molar-refractivity contribution in [3.05, 3.63) is 10.6 Å². The number of ether oxygens (including phenoxy) is 1. The highest BCUT2D eigenvalue weighted by Crippen LogP contribution is 2.24. The molecule has 1 heterocycles. The largest absolute Gasteiger partial charge is 0.476 e. The van der Waals surface area contributed by atoms with E-state index >= 15 is 0 Å². The molecule has 0 aliphatic rings. The number of ketones is 1. The van der Waals surface area contributed by atoms with Crippen molar-refractivity contribution in [1.82, 2.24) is 10.3 Å². The third-order valence-corrected chi connectivity index (χ3v) is 3.58. The van der Waals surface area contributed by atoms with Gasteiger partial charge in [-0.25, -0.2) is 9.78 Å². The number of thiazole rings is 1. The molecular formula is C12H17N3O5S. The number of carboxylic acid groups (broad SMARTS) is 1. The Morgan fingerprint density at radius 1 is 1.43 bits per heavy atom. The fraction of sp³-hybridized carbons (Fsp3) is 0.500. The minimum Gasteiger partial charge on any atom is -0.476 e. The zero-order valence-electron chi connectivity index (χ0n) is 11.9. The first-order valence-corrected chi connectivity index (χ1v) is 6.96. The maximum atomic E-state index is 11.7. The second-order valence-electron chi connectivity index (χ2n) is 4.21. The monoisotopic (exact) mass is 315 g/mol. The van der Waals surface area contributed by atoms with Crippen LogP contribution in [0.2, 0.25) is 0 Å². The van der Waals surface area contributed by atoms with Gasteiger partial charge in [0.2, 0.25) is 5.91 Å². The molecule has 1 atom stereocenters. The van der Waals surface area contributed by atoms with Gasteiger partial charge in [-0.05, 0) is 6.92 Å². The van der Waals surface area contributed by atoms with Crippen LogP contribution >= 0.6 is 11.3 Å². The molecule has 0 aliphatic heterocycles. The standard InChI is InChI=1S/C12H17N3O5S/c1-6(10(17)13-4-5-20-3)14-12-15-8(11(18)19)9(21-12)7(2)16/h6H,4-5H2,1-3H3,(H,13,17)(H,14,15)(H,18,19). The number of hydrogen-bond acceptors (Lipinski definition) is 7. The van der Waals surface area contributed by atoms with E-state index in [-0.39, 0.29) is 27.4 Å². The van der Waals surface area contributed by atoms with Crippen molar-refractivity contribution in [2.24, 2.45) is 0 Å². The number of anilines is 1. The lowest BCUT2D eigenvalue weighted by Crippen LogP contribution is -2.39. The fourth-order valence-corrected chi connectivity index (χ4v) is 2.38. The number of hydrogen-bond donors (Lipinski definition) is 3. The number of methoxy groups -OCH3 is 1. The zero-order valence-corrected chi connectivity index (χ0v) is 12.7. The summed E-state index contributed by atoms with van der Waals surface area (Å²) in [5.41, 5.74) is -0.304. The van der Waals surface area contributed by atoms with Gasteiger partial charge in [0.25, 0.3) is 0 Å². The minimum absolute atomic E-state index is 0.0528. The van der Waals surface area contributed by atoms with Crippen molar-refractivity contribution in [1.29, 1.82) is 0 Å². The lowest BCUT2D eigenvalue weighted by atomic mass is 10.3. The van der Waals surface area contributed by atoms with Gasteiger partial charge < -0.3 is 20.5 Å². The number of carboxylic acids is 1. The van der Waals surface area contributed by atoms with Gasteiger partial charge in [0.15, 0.2) is 16.6 Å². The van der Waals surface area contributed by atoms with E-state index in [1.165, 1.54) is 14.0 Å². The van der Waals surface area contributed by atoms with Gasteiger partial charge in [0.1, 0.15) is 10.9 Å². The van der Waals surface area contributed by atoms with E-state index in [0.717, 1.165) is 11.3 Å². The molecule has 0 spiro atoms. The highest BCUT2D eigenvalue weighted by molar-refractivity contribution is 7.17. The summed E-state index contributed by atoms with van der Waals surface area (Å²) >= 11 is 0.913. The molecule has 1 aromatic rings. The molecular weight excluding hydrogens is 298 g/mol. The van der Waals surface area contributed by atoms with Crippen LogP contribution in [0.25, 0.3) is 0 Å². The van der Waals surface area contributed by atoms with Gasteiger partial charge in [-0.15, -0.1) is 0 Å². The van der Waals surface area contributed by atoms with Crippen LogP contribution < -0.4 is 10.6 Å². The van der Waals surface area contributed by atoms with Crippen LogP contribution in [-0.4, -0.2) is 54.1 Å². The van der Waals surface area contributed by atoms with Gasteiger partial charge in [-0.1, -0.05) is 11.3 Å². The highest BCUT2D eigenvalue weighted by Gasteiger charge is 2.22. The number of nitrogens with zero attached hydrogens (tertiary/aromatic N) is 1. The van der Waals surface area contributed by atoms with Crippen molar-refractivity contribution in [2.75, 3.05) is 25.6 Å². The molecule has 0 saturated carbocycles. The average Bonchev–Trinajstić information content (AvgIpc) is 2.83. The van der Waals surface area contributed by atoms with Crippen LogP contribution in [0, 0.1) is 0 Å². The Morgan fingerprint density at radius 3 is 2.57 bits per heavy atom. The average molecular weight is 315 g/mol. The van der Waals surface area contributed by atoms with Crippen molar-refractivity contribution in [3.8, 4) is 0 Å². The number of aromatic carboxylic acids is 1. The molecule has 8 nitrogen and oxygen atoms in total. The normalized spacial score (nSPS) is 11.8. The predicted molar refractivity (Wildman–Crippen MR) is 77.0 cm³/mol. The van der Waals surface area contributed by atoms with Gasteiger partial charge >= 0.3 is 5.97 Å². The number of amides is 1. The Kier molecular flexibility index (Phi) is 6.25. The molecule has 116 valence electrons. The number of carbonyl (C=O) groups excluding carboxylic acids is 2. The quantitative estimate of drug-likeness (QED) is 0.475. The van der Waals surface area contributed by atoms with Crippen LogP contribution in [0.4, 0.5) is 5.13 Å². The van der Waals surface area contributed by atoms with Crippen molar-refractivity contribution in [2.45, 2.75) is 19.9 Å². The molecule has 1 rings (SSSR count). The molecule has 0 bridgehead atoms. The summed E-state index contributed by atoms with van der Waals surface area (Å²) in [6, 6.07) is -0.616. The van der Waals surface area contributed by atoms with Gasteiger partial charge in [-0.2, -0.15) is 0 Å². The maximum absolute atomic E-state index is 11.7. The molecule has 0 aromatic carbocycles. The van der Waals surface area contributed by atoms with Crippen LogP contribution in [0.1, 0.15) is 34.0 Å². The first kappa shape index (κ1) is 17.1. The molecule has 21 heavy (non-hydrogen) atoms. The predicted octanol–water partition coefficient (Wildman–Crippen LogP) is 0.607. The molecule has 0 aliphatic carbocycles. The molecule has 3 N–H and O–H groups in total. The number of rotatable bonds is 8. The second kappa shape index (κ2) is 7.70. The Bertz CT molecular complexity index is 511. The van der Waals surface area contributed by atoms with E-state index in [2.05, 4.69) is 15.6 Å². The van der Waals surface area contributed by atoms with E-state index in [9.17, 15) is 14.4 Å². The van der Waals surface area contributed by atoms with Gasteiger partial charge in [0.05, 0.1) is 6.61 Å². The number of carbonyl (C=O) groups is 3. The molecule has 0 radical (unpaired) electrons. The SMILES string of the molecule is COCCNC(=O)C(C)Nc1nc(C(=O)O)c(C(C)=O)s1. The Balaban J connectivity index is 2.74. The van der Waals surface area contributed by atoms with E-state index in [1.54, 1.807) is 6.92 Å². The molecule has 1 aromatic heterocycles. The van der Waals surface area contributed by atoms with Gasteiger partial charge in [-0.3, -0.25) is 9.59 Å². The number of nitrogens with one attached hydrogen (secondary N) is 2. The van der Waals surface area contributed by atoms with E-state index in [0.29, 0.717) is 13.2 Å². The summed E-state index contributed by atoms with van der Waals surface area (Å²) < 4.78 is 4.81. The van der Waals surface area contributed by atoms with Crippen molar-refractivity contribution in [3.63, 3.8) is 0 Å². The molecule has 1 unspecified atom stereocenters. The fourth-order valence-electron chi connectivity index (χ4n) is 1.45. The number of aromatic nitrogens is 1. The molecule has 0 saturated heterocycles. The van der Waals surface area contributed by atoms with Crippen LogP contribution in [0.15, 0.2) is 0 Å². The molecule has 1 amide bonds. The summed E-state index contributed by atoms with van der Waals surface area (Å²) in [5.74, 6) is -1.93. The van der Waals surface area contributed by atoms with E-state index in [4.69, 9.17) is 9.84 Å². The zero-order chi connectivity index (χ0) is 16.0. The minimum atomic E-state index is -1.28. The third kappa shape index (κ3) is 4.80. The smallest absolute Gasteiger partial charge is 0.356 e. The summed E-state index contributed by atoms with van der Waals surface area (Å²) in [6.45, 7) is 3.65. The summed E-state index contributed by atoms with van der Waals surface area (Å²) in [5, 5.41) is 14.6. The maximum Gasteiger partial charge on any atom is 0.356 e. The third-order valence-electron chi connectivity index (χ3n) is 2.49.